The highest BCUT2D eigenvalue weighted by Crippen LogP contribution is 2.23. The molecule has 0 aliphatic carbocycles. The molecule has 1 amide bonds. The molecule has 0 bridgehead atoms. The van der Waals surface area contributed by atoms with Crippen molar-refractivity contribution in [3.8, 4) is 17.4 Å². The molecule has 0 unspecified atom stereocenters. The summed E-state index contributed by atoms with van der Waals surface area (Å²) in [4.78, 5) is 12.2. The number of hydrogen-bond acceptors (Lipinski definition) is 5. The highest BCUT2D eigenvalue weighted by molar-refractivity contribution is 6.04. The predicted octanol–water partition coefficient (Wildman–Crippen LogP) is 4.74. The van der Waals surface area contributed by atoms with Crippen LogP contribution >= 0.6 is 0 Å². The summed E-state index contributed by atoms with van der Waals surface area (Å²) >= 11 is 0. The third-order valence-electron chi connectivity index (χ3n) is 4.47. The number of nitrogens with one attached hydrogen (secondary N) is 1. The van der Waals surface area contributed by atoms with Crippen molar-refractivity contribution in [3.05, 3.63) is 89.0 Å². The fraction of sp³-hybridized carbons (Fsp3) is 0.0909. The molecule has 4 rings (SSSR count). The number of carbonyl (C=O) groups excluding carboxylic acids is 1. The van der Waals surface area contributed by atoms with Crippen molar-refractivity contribution in [2.75, 3.05) is 5.32 Å². The number of rotatable bonds is 5. The molecule has 0 saturated carbocycles. The molecule has 0 fully saturated rings. The summed E-state index contributed by atoms with van der Waals surface area (Å²) in [7, 11) is 0. The lowest BCUT2D eigenvalue weighted by molar-refractivity contribution is 0.102. The number of halogens is 3. The number of amides is 1. The van der Waals surface area contributed by atoms with Gasteiger partial charge in [-0.05, 0) is 62.4 Å². The number of benzene rings is 2. The van der Waals surface area contributed by atoms with E-state index in [-0.39, 0.29) is 5.88 Å². The SMILES string of the molecule is Cc1cc(C)n(-c2ccc(Oc3ccc(NC(=O)c4ccc(F)c(F)c4F)cc3)nn2)n1. The molecular weight excluding hydrogens is 423 g/mol. The quantitative estimate of drug-likeness (QED) is 0.454. The minimum atomic E-state index is -1.70. The van der Waals surface area contributed by atoms with E-state index in [1.54, 1.807) is 28.9 Å². The van der Waals surface area contributed by atoms with E-state index < -0.39 is 28.9 Å². The average Bonchev–Trinajstić information content (AvgIpc) is 3.12. The van der Waals surface area contributed by atoms with Crippen LogP contribution in [0.4, 0.5) is 18.9 Å². The molecule has 32 heavy (non-hydrogen) atoms. The highest BCUT2D eigenvalue weighted by Gasteiger charge is 2.19. The van der Waals surface area contributed by atoms with Crippen LogP contribution in [0.1, 0.15) is 21.7 Å². The standard InChI is InChI=1S/C22H16F3N5O2/c1-12-11-13(2)30(29-12)18-9-10-19(28-27-18)32-15-5-3-14(4-6-15)26-22(31)16-7-8-17(23)21(25)20(16)24/h3-11H,1-2H3,(H,26,31). The second-order valence-electron chi connectivity index (χ2n) is 6.87. The van der Waals surface area contributed by atoms with Crippen molar-refractivity contribution in [3.63, 3.8) is 0 Å². The summed E-state index contributed by atoms with van der Waals surface area (Å²) in [5, 5.41) is 14.9. The Hall–Kier alpha value is -4.21. The van der Waals surface area contributed by atoms with E-state index >= 15 is 0 Å². The largest absolute Gasteiger partial charge is 0.438 e. The Kier molecular flexibility index (Phi) is 5.59. The summed E-state index contributed by atoms with van der Waals surface area (Å²) in [6.07, 6.45) is 0. The molecule has 0 spiro atoms. The minimum absolute atomic E-state index is 0.246. The lowest BCUT2D eigenvalue weighted by Gasteiger charge is -2.09. The van der Waals surface area contributed by atoms with Gasteiger partial charge in [0, 0.05) is 17.4 Å². The monoisotopic (exact) mass is 439 g/mol. The third-order valence-corrected chi connectivity index (χ3v) is 4.47. The lowest BCUT2D eigenvalue weighted by atomic mass is 10.1. The zero-order chi connectivity index (χ0) is 22.8. The molecule has 0 aliphatic rings. The van der Waals surface area contributed by atoms with Crippen molar-refractivity contribution in [1.29, 1.82) is 0 Å². The molecule has 0 aliphatic heterocycles. The molecule has 10 heteroatoms. The van der Waals surface area contributed by atoms with Crippen molar-refractivity contribution in [1.82, 2.24) is 20.0 Å². The summed E-state index contributed by atoms with van der Waals surface area (Å²) in [6, 6.07) is 12.9. The molecule has 0 atom stereocenters. The molecule has 7 nitrogen and oxygen atoms in total. The van der Waals surface area contributed by atoms with Crippen LogP contribution in [0.3, 0.4) is 0 Å². The Morgan fingerprint density at radius 2 is 1.69 bits per heavy atom. The zero-order valence-corrected chi connectivity index (χ0v) is 16.9. The second-order valence-corrected chi connectivity index (χ2v) is 6.87. The van der Waals surface area contributed by atoms with Crippen LogP contribution < -0.4 is 10.1 Å². The van der Waals surface area contributed by atoms with Gasteiger partial charge in [-0.1, -0.05) is 0 Å². The molecular formula is C22H16F3N5O2. The van der Waals surface area contributed by atoms with Gasteiger partial charge in [-0.25, -0.2) is 17.9 Å². The number of hydrogen-bond donors (Lipinski definition) is 1. The van der Waals surface area contributed by atoms with Gasteiger partial charge in [0.25, 0.3) is 5.91 Å². The Bertz CT molecular complexity index is 1290. The van der Waals surface area contributed by atoms with E-state index in [1.165, 1.54) is 12.1 Å². The summed E-state index contributed by atoms with van der Waals surface area (Å²) < 4.78 is 47.4. The fourth-order valence-electron chi connectivity index (χ4n) is 2.97. The number of ether oxygens (including phenoxy) is 1. The summed E-state index contributed by atoms with van der Waals surface area (Å²) in [6.45, 7) is 3.79. The maximum Gasteiger partial charge on any atom is 0.258 e. The third kappa shape index (κ3) is 4.29. The van der Waals surface area contributed by atoms with Crippen molar-refractivity contribution in [2.45, 2.75) is 13.8 Å². The van der Waals surface area contributed by atoms with E-state index in [0.717, 1.165) is 17.5 Å². The van der Waals surface area contributed by atoms with Gasteiger partial charge in [-0.15, -0.1) is 10.2 Å². The van der Waals surface area contributed by atoms with Crippen molar-refractivity contribution in [2.24, 2.45) is 0 Å². The van der Waals surface area contributed by atoms with E-state index in [1.807, 2.05) is 19.9 Å². The zero-order valence-electron chi connectivity index (χ0n) is 16.9. The van der Waals surface area contributed by atoms with E-state index in [0.29, 0.717) is 23.3 Å². The van der Waals surface area contributed by atoms with Crippen LogP contribution in [0, 0.1) is 31.3 Å². The number of carbonyl (C=O) groups is 1. The first kappa shape index (κ1) is 21.0. The van der Waals surface area contributed by atoms with Crippen LogP contribution in [0.5, 0.6) is 11.6 Å². The Labute approximate surface area is 180 Å². The van der Waals surface area contributed by atoms with Gasteiger partial charge in [0.1, 0.15) is 5.75 Å². The van der Waals surface area contributed by atoms with Gasteiger partial charge in [0.2, 0.25) is 5.88 Å². The van der Waals surface area contributed by atoms with Crippen molar-refractivity contribution < 1.29 is 22.7 Å². The van der Waals surface area contributed by atoms with Crippen molar-refractivity contribution >= 4 is 11.6 Å². The lowest BCUT2D eigenvalue weighted by Crippen LogP contribution is -2.15. The molecule has 0 radical (unpaired) electrons. The molecule has 0 saturated heterocycles. The van der Waals surface area contributed by atoms with Crippen LogP contribution in [-0.2, 0) is 0 Å². The van der Waals surface area contributed by atoms with Crippen LogP contribution in [0.15, 0.2) is 54.6 Å². The molecule has 2 aromatic heterocycles. The molecule has 4 aromatic rings. The number of nitrogens with zero attached hydrogens (tertiary/aromatic N) is 4. The predicted molar refractivity (Wildman–Crippen MR) is 109 cm³/mol. The summed E-state index contributed by atoms with van der Waals surface area (Å²) in [5.41, 5.74) is 1.48. The normalized spacial score (nSPS) is 10.8. The summed E-state index contributed by atoms with van der Waals surface area (Å²) in [5.74, 6) is -4.33. The molecule has 162 valence electrons. The smallest absolute Gasteiger partial charge is 0.258 e. The van der Waals surface area contributed by atoms with E-state index in [9.17, 15) is 18.0 Å². The van der Waals surface area contributed by atoms with Crippen LogP contribution in [0.2, 0.25) is 0 Å². The van der Waals surface area contributed by atoms with Gasteiger partial charge in [0.05, 0.1) is 11.3 Å². The van der Waals surface area contributed by atoms with Gasteiger partial charge in [0.15, 0.2) is 23.3 Å². The first-order chi connectivity index (χ1) is 15.3. The fourth-order valence-corrected chi connectivity index (χ4v) is 2.97. The maximum absolute atomic E-state index is 13.8. The van der Waals surface area contributed by atoms with Gasteiger partial charge < -0.3 is 10.1 Å². The second kappa shape index (κ2) is 8.50. The van der Waals surface area contributed by atoms with Crippen LogP contribution in [0.25, 0.3) is 5.82 Å². The van der Waals surface area contributed by atoms with E-state index in [4.69, 9.17) is 4.74 Å². The topological polar surface area (TPSA) is 81.9 Å². The van der Waals surface area contributed by atoms with Gasteiger partial charge in [-0.3, -0.25) is 4.79 Å². The number of aromatic nitrogens is 4. The first-order valence-electron chi connectivity index (χ1n) is 9.42. The number of anilines is 1. The molecule has 2 aromatic carbocycles. The number of aryl methyl sites for hydroxylation is 2. The maximum atomic E-state index is 13.8. The van der Waals surface area contributed by atoms with Crippen LogP contribution in [-0.4, -0.2) is 25.9 Å². The Morgan fingerprint density at radius 3 is 2.31 bits per heavy atom. The first-order valence-corrected chi connectivity index (χ1v) is 9.42. The minimum Gasteiger partial charge on any atom is -0.438 e. The van der Waals surface area contributed by atoms with Gasteiger partial charge >= 0.3 is 0 Å². The average molecular weight is 439 g/mol. The van der Waals surface area contributed by atoms with E-state index in [2.05, 4.69) is 20.6 Å². The van der Waals surface area contributed by atoms with Gasteiger partial charge in [-0.2, -0.15) is 5.10 Å². The Balaban J connectivity index is 1.42. The molecule has 1 N–H and O–H groups in total. The molecule has 2 heterocycles. The highest BCUT2D eigenvalue weighted by atomic mass is 19.2. The Morgan fingerprint density at radius 1 is 0.938 bits per heavy atom.